The molecule has 0 atom stereocenters. The lowest BCUT2D eigenvalue weighted by molar-refractivity contribution is -0.384. The molecule has 0 aliphatic rings. The molecular weight excluding hydrogens is 212 g/mol. The number of nitro groups is 1. The number of anilines is 1. The maximum atomic E-state index is 11.1. The Labute approximate surface area is 92.4 Å². The van der Waals surface area contributed by atoms with E-state index in [4.69, 9.17) is 0 Å². The van der Waals surface area contributed by atoms with Crippen molar-refractivity contribution in [1.29, 1.82) is 0 Å². The Bertz CT molecular complexity index is 417. The van der Waals surface area contributed by atoms with Crippen LogP contribution >= 0.6 is 0 Å². The molecular formula is C10H12N2O4. The molecule has 0 unspecified atom stereocenters. The molecule has 0 aliphatic heterocycles. The summed E-state index contributed by atoms with van der Waals surface area (Å²) in [5, 5.41) is 13.1. The Morgan fingerprint density at radius 2 is 2.25 bits per heavy atom. The van der Waals surface area contributed by atoms with Crippen LogP contribution in [0.4, 0.5) is 16.2 Å². The lowest BCUT2D eigenvalue weighted by Crippen LogP contribution is -2.14. The number of nitrogens with zero attached hydrogens (tertiary/aromatic N) is 1. The van der Waals surface area contributed by atoms with Gasteiger partial charge in [-0.1, -0.05) is 12.1 Å². The Morgan fingerprint density at radius 1 is 1.56 bits per heavy atom. The van der Waals surface area contributed by atoms with Gasteiger partial charge in [0.05, 0.1) is 11.5 Å². The minimum Gasteiger partial charge on any atom is -0.450 e. The Hall–Kier alpha value is -2.11. The number of hydrogen-bond acceptors (Lipinski definition) is 4. The van der Waals surface area contributed by atoms with E-state index in [1.807, 2.05) is 0 Å². The van der Waals surface area contributed by atoms with Crippen LogP contribution in [-0.4, -0.2) is 17.6 Å². The van der Waals surface area contributed by atoms with Gasteiger partial charge in [0.15, 0.2) is 0 Å². The summed E-state index contributed by atoms with van der Waals surface area (Å²) in [6, 6.07) is 4.69. The van der Waals surface area contributed by atoms with Gasteiger partial charge in [-0.25, -0.2) is 4.79 Å². The summed E-state index contributed by atoms with van der Waals surface area (Å²) in [7, 11) is 0. The molecule has 1 aromatic rings. The predicted octanol–water partition coefficient (Wildman–Crippen LogP) is 2.47. The van der Waals surface area contributed by atoms with Crippen molar-refractivity contribution >= 4 is 17.5 Å². The summed E-state index contributed by atoms with van der Waals surface area (Å²) in [5.41, 5.74) is 0.512. The number of nitrogens with one attached hydrogen (secondary N) is 1. The highest BCUT2D eigenvalue weighted by atomic mass is 16.6. The number of ether oxygens (including phenoxy) is 1. The van der Waals surface area contributed by atoms with Crippen molar-refractivity contribution in [2.24, 2.45) is 0 Å². The zero-order valence-electron chi connectivity index (χ0n) is 9.02. The molecule has 16 heavy (non-hydrogen) atoms. The third-order valence-electron chi connectivity index (χ3n) is 1.93. The smallest absolute Gasteiger partial charge is 0.411 e. The molecule has 1 N–H and O–H groups in total. The number of aryl methyl sites for hydroxylation is 1. The van der Waals surface area contributed by atoms with E-state index >= 15 is 0 Å². The minimum absolute atomic E-state index is 0.115. The van der Waals surface area contributed by atoms with Gasteiger partial charge < -0.3 is 4.74 Å². The van der Waals surface area contributed by atoms with Crippen molar-refractivity contribution < 1.29 is 14.5 Å². The summed E-state index contributed by atoms with van der Waals surface area (Å²) < 4.78 is 4.65. The van der Waals surface area contributed by atoms with Crippen molar-refractivity contribution in [3.8, 4) is 0 Å². The predicted molar refractivity (Wildman–Crippen MR) is 58.5 cm³/mol. The second-order valence-corrected chi connectivity index (χ2v) is 3.07. The number of carbonyl (C=O) groups excluding carboxylic acids is 1. The van der Waals surface area contributed by atoms with Gasteiger partial charge in [0.25, 0.3) is 5.69 Å². The minimum atomic E-state index is -0.698. The van der Waals surface area contributed by atoms with E-state index in [1.54, 1.807) is 26.0 Å². The van der Waals surface area contributed by atoms with Gasteiger partial charge in [-0.2, -0.15) is 0 Å². The average molecular weight is 224 g/mol. The van der Waals surface area contributed by atoms with E-state index in [0.717, 1.165) is 0 Å². The van der Waals surface area contributed by atoms with Crippen molar-refractivity contribution in [2.75, 3.05) is 11.9 Å². The molecule has 0 spiro atoms. The lowest BCUT2D eigenvalue weighted by atomic mass is 10.2. The zero-order valence-corrected chi connectivity index (χ0v) is 9.02. The molecule has 0 fully saturated rings. The molecule has 1 rings (SSSR count). The first-order chi connectivity index (χ1) is 7.56. The molecule has 0 aromatic heterocycles. The van der Waals surface area contributed by atoms with E-state index in [0.29, 0.717) is 5.56 Å². The lowest BCUT2D eigenvalue weighted by Gasteiger charge is -2.06. The summed E-state index contributed by atoms with van der Waals surface area (Å²) in [4.78, 5) is 21.4. The van der Waals surface area contributed by atoms with E-state index in [9.17, 15) is 14.9 Å². The van der Waals surface area contributed by atoms with Crippen molar-refractivity contribution in [2.45, 2.75) is 13.8 Å². The Morgan fingerprint density at radius 3 is 2.81 bits per heavy atom. The van der Waals surface area contributed by atoms with Crippen LogP contribution in [-0.2, 0) is 4.74 Å². The first kappa shape index (κ1) is 12.0. The number of amides is 1. The molecule has 0 radical (unpaired) electrons. The maximum absolute atomic E-state index is 11.1. The first-order valence-corrected chi connectivity index (χ1v) is 4.74. The van der Waals surface area contributed by atoms with Crippen LogP contribution in [0.3, 0.4) is 0 Å². The molecule has 86 valence electrons. The molecule has 1 amide bonds. The number of carbonyl (C=O) groups is 1. The summed E-state index contributed by atoms with van der Waals surface area (Å²) in [6.45, 7) is 3.48. The molecule has 0 heterocycles. The van der Waals surface area contributed by atoms with Crippen LogP contribution in [0, 0.1) is 17.0 Å². The largest absolute Gasteiger partial charge is 0.450 e. The summed E-state index contributed by atoms with van der Waals surface area (Å²) in [6.07, 6.45) is -0.698. The molecule has 0 aliphatic carbocycles. The fourth-order valence-corrected chi connectivity index (χ4v) is 1.28. The van der Waals surface area contributed by atoms with Crippen LogP contribution < -0.4 is 5.32 Å². The number of rotatable bonds is 3. The first-order valence-electron chi connectivity index (χ1n) is 4.74. The van der Waals surface area contributed by atoms with Gasteiger partial charge in [-0.15, -0.1) is 0 Å². The Balaban J connectivity index is 3.00. The van der Waals surface area contributed by atoms with Gasteiger partial charge in [0.2, 0.25) is 0 Å². The van der Waals surface area contributed by atoms with Crippen LogP contribution in [0.2, 0.25) is 0 Å². The summed E-state index contributed by atoms with van der Waals surface area (Å²) >= 11 is 0. The quantitative estimate of drug-likeness (QED) is 0.631. The van der Waals surface area contributed by atoms with Gasteiger partial charge in [-0.3, -0.25) is 15.4 Å². The van der Waals surface area contributed by atoms with Crippen LogP contribution in [0.1, 0.15) is 12.5 Å². The molecule has 1 aromatic carbocycles. The third-order valence-corrected chi connectivity index (χ3v) is 1.93. The molecule has 6 nitrogen and oxygen atoms in total. The van der Waals surface area contributed by atoms with Crippen LogP contribution in [0.5, 0.6) is 0 Å². The number of nitro benzene ring substituents is 1. The Kier molecular flexibility index (Phi) is 3.82. The highest BCUT2D eigenvalue weighted by Gasteiger charge is 2.18. The standard InChI is InChI=1S/C10H12N2O4/c1-3-16-10(13)11-8-6-4-5-7(2)9(8)12(14)15/h4-6H,3H2,1-2H3,(H,11,13). The molecule has 0 saturated carbocycles. The van der Waals surface area contributed by atoms with Crippen molar-refractivity contribution in [1.82, 2.24) is 0 Å². The van der Waals surface area contributed by atoms with Gasteiger partial charge >= 0.3 is 6.09 Å². The highest BCUT2D eigenvalue weighted by molar-refractivity contribution is 5.88. The second-order valence-electron chi connectivity index (χ2n) is 3.07. The fraction of sp³-hybridized carbons (Fsp3) is 0.300. The van der Waals surface area contributed by atoms with Crippen molar-refractivity contribution in [3.05, 3.63) is 33.9 Å². The zero-order chi connectivity index (χ0) is 12.1. The van der Waals surface area contributed by atoms with Crippen molar-refractivity contribution in [3.63, 3.8) is 0 Å². The van der Waals surface area contributed by atoms with Crippen LogP contribution in [0.15, 0.2) is 18.2 Å². The van der Waals surface area contributed by atoms with Gasteiger partial charge in [-0.05, 0) is 19.9 Å². The topological polar surface area (TPSA) is 81.5 Å². The number of hydrogen-bond donors (Lipinski definition) is 1. The molecule has 0 saturated heterocycles. The van der Waals surface area contributed by atoms with E-state index in [2.05, 4.69) is 10.1 Å². The van der Waals surface area contributed by atoms with Gasteiger partial charge in [0.1, 0.15) is 5.69 Å². The SMILES string of the molecule is CCOC(=O)Nc1cccc(C)c1[N+](=O)[O-]. The fourth-order valence-electron chi connectivity index (χ4n) is 1.28. The summed E-state index contributed by atoms with van der Waals surface area (Å²) in [5.74, 6) is 0. The van der Waals surface area contributed by atoms with E-state index in [1.165, 1.54) is 6.07 Å². The average Bonchev–Trinajstić information content (AvgIpc) is 2.17. The number of benzene rings is 1. The third kappa shape index (κ3) is 2.69. The molecule has 6 heteroatoms. The highest BCUT2D eigenvalue weighted by Crippen LogP contribution is 2.27. The van der Waals surface area contributed by atoms with Gasteiger partial charge in [0, 0.05) is 5.56 Å². The second kappa shape index (κ2) is 5.11. The van der Waals surface area contributed by atoms with Crippen LogP contribution in [0.25, 0.3) is 0 Å². The normalized spacial score (nSPS) is 9.62. The van der Waals surface area contributed by atoms with E-state index in [-0.39, 0.29) is 18.0 Å². The number of para-hydroxylation sites is 1. The monoisotopic (exact) mass is 224 g/mol. The van der Waals surface area contributed by atoms with E-state index < -0.39 is 11.0 Å². The molecule has 0 bridgehead atoms. The maximum Gasteiger partial charge on any atom is 0.411 e.